The van der Waals surface area contributed by atoms with Crippen LogP contribution in [0.1, 0.15) is 39.0 Å². The van der Waals surface area contributed by atoms with Crippen molar-refractivity contribution in [2.24, 2.45) is 0 Å². The summed E-state index contributed by atoms with van der Waals surface area (Å²) in [5.74, 6) is 0.856. The van der Waals surface area contributed by atoms with Crippen LogP contribution in [0.25, 0.3) is 11.5 Å². The summed E-state index contributed by atoms with van der Waals surface area (Å²) in [6.45, 7) is 2.28. The average Bonchev–Trinajstić information content (AvgIpc) is 2.83. The van der Waals surface area contributed by atoms with Gasteiger partial charge < -0.3 is 0 Å². The number of H-pyrrole nitrogens is 1. The standard InChI is InChI=1S/C14H18N4S/c1-14(8-4-2-5-9-14)18-12(16-17-13(18)19)11-7-3-6-10-15-11/h3,6-7,10H,2,4-5,8-9H2,1H3,(H,17,19). The van der Waals surface area contributed by atoms with E-state index in [1.54, 1.807) is 6.20 Å². The molecule has 4 nitrogen and oxygen atoms in total. The van der Waals surface area contributed by atoms with Crippen LogP contribution in [0.15, 0.2) is 24.4 Å². The molecule has 0 spiro atoms. The lowest BCUT2D eigenvalue weighted by atomic mass is 9.83. The largest absolute Gasteiger partial charge is 0.293 e. The quantitative estimate of drug-likeness (QED) is 0.850. The molecule has 0 saturated heterocycles. The summed E-state index contributed by atoms with van der Waals surface area (Å²) in [6, 6.07) is 5.87. The second-order valence-corrected chi connectivity index (χ2v) is 5.85. The number of nitrogens with one attached hydrogen (secondary N) is 1. The van der Waals surface area contributed by atoms with Crippen molar-refractivity contribution >= 4 is 12.2 Å². The molecule has 0 bridgehead atoms. The normalized spacial score (nSPS) is 18.4. The van der Waals surface area contributed by atoms with Gasteiger partial charge in [0.05, 0.1) is 0 Å². The number of aromatic amines is 1. The molecule has 1 fully saturated rings. The van der Waals surface area contributed by atoms with Crippen LogP contribution >= 0.6 is 12.2 Å². The van der Waals surface area contributed by atoms with Crippen molar-refractivity contribution in [3.63, 3.8) is 0 Å². The van der Waals surface area contributed by atoms with E-state index in [0.29, 0.717) is 4.77 Å². The smallest absolute Gasteiger partial charge is 0.196 e. The van der Waals surface area contributed by atoms with Crippen LogP contribution in [0, 0.1) is 4.77 Å². The van der Waals surface area contributed by atoms with Gasteiger partial charge in [-0.05, 0) is 44.1 Å². The Morgan fingerprint density at radius 2 is 2.05 bits per heavy atom. The van der Waals surface area contributed by atoms with Crippen LogP contribution in [-0.4, -0.2) is 19.7 Å². The molecule has 2 aromatic rings. The minimum atomic E-state index is 0.0647. The Kier molecular flexibility index (Phi) is 3.22. The Hall–Kier alpha value is -1.49. The van der Waals surface area contributed by atoms with Crippen molar-refractivity contribution in [3.8, 4) is 11.5 Å². The predicted octanol–water partition coefficient (Wildman–Crippen LogP) is 3.68. The third-order valence-corrected chi connectivity index (χ3v) is 4.31. The van der Waals surface area contributed by atoms with E-state index in [0.717, 1.165) is 24.4 Å². The summed E-state index contributed by atoms with van der Waals surface area (Å²) in [5, 5.41) is 7.32. The van der Waals surface area contributed by atoms with Gasteiger partial charge in [0.15, 0.2) is 10.6 Å². The Morgan fingerprint density at radius 3 is 2.74 bits per heavy atom. The van der Waals surface area contributed by atoms with Gasteiger partial charge in [-0.25, -0.2) is 0 Å². The molecule has 1 aliphatic carbocycles. The first-order chi connectivity index (χ1) is 9.21. The van der Waals surface area contributed by atoms with E-state index in [9.17, 15) is 0 Å². The Bertz CT molecular complexity index is 608. The van der Waals surface area contributed by atoms with Gasteiger partial charge in [-0.2, -0.15) is 5.10 Å². The molecule has 2 heterocycles. The van der Waals surface area contributed by atoms with Gasteiger partial charge in [0.2, 0.25) is 0 Å². The molecule has 1 N–H and O–H groups in total. The first-order valence-electron chi connectivity index (χ1n) is 6.80. The maximum absolute atomic E-state index is 5.44. The Labute approximate surface area is 117 Å². The number of hydrogen-bond acceptors (Lipinski definition) is 3. The van der Waals surface area contributed by atoms with E-state index in [1.807, 2.05) is 18.2 Å². The highest BCUT2D eigenvalue weighted by Gasteiger charge is 2.32. The number of aromatic nitrogens is 4. The molecule has 0 atom stereocenters. The van der Waals surface area contributed by atoms with Crippen molar-refractivity contribution in [2.75, 3.05) is 0 Å². The van der Waals surface area contributed by atoms with Crippen molar-refractivity contribution in [3.05, 3.63) is 29.2 Å². The average molecular weight is 274 g/mol. The summed E-state index contributed by atoms with van der Waals surface area (Å²) in [5.41, 5.74) is 0.941. The van der Waals surface area contributed by atoms with Crippen molar-refractivity contribution in [2.45, 2.75) is 44.6 Å². The summed E-state index contributed by atoms with van der Waals surface area (Å²) < 4.78 is 2.87. The van der Waals surface area contributed by atoms with E-state index in [-0.39, 0.29) is 5.54 Å². The fraction of sp³-hybridized carbons (Fsp3) is 0.500. The second-order valence-electron chi connectivity index (χ2n) is 5.46. The summed E-state index contributed by atoms with van der Waals surface area (Å²) in [6.07, 6.45) is 7.93. The third-order valence-electron chi connectivity index (χ3n) is 4.04. The zero-order valence-electron chi connectivity index (χ0n) is 11.1. The minimum absolute atomic E-state index is 0.0647. The van der Waals surface area contributed by atoms with Gasteiger partial charge in [-0.3, -0.25) is 14.6 Å². The lowest BCUT2D eigenvalue weighted by molar-refractivity contribution is 0.218. The SMILES string of the molecule is CC1(n2c(-c3ccccn3)n[nH]c2=S)CCCCC1. The van der Waals surface area contributed by atoms with Crippen LogP contribution in [0.2, 0.25) is 0 Å². The minimum Gasteiger partial charge on any atom is -0.293 e. The van der Waals surface area contributed by atoms with Crippen LogP contribution in [0.5, 0.6) is 0 Å². The van der Waals surface area contributed by atoms with E-state index in [1.165, 1.54) is 19.3 Å². The lowest BCUT2D eigenvalue weighted by Crippen LogP contribution is -2.33. The molecule has 1 aliphatic rings. The lowest BCUT2D eigenvalue weighted by Gasteiger charge is -2.35. The number of nitrogens with zero attached hydrogens (tertiary/aromatic N) is 3. The van der Waals surface area contributed by atoms with Crippen molar-refractivity contribution < 1.29 is 0 Å². The molecule has 100 valence electrons. The molecule has 0 amide bonds. The topological polar surface area (TPSA) is 46.5 Å². The van der Waals surface area contributed by atoms with E-state index in [4.69, 9.17) is 12.2 Å². The zero-order valence-corrected chi connectivity index (χ0v) is 11.9. The number of pyridine rings is 1. The van der Waals surface area contributed by atoms with Crippen LogP contribution in [-0.2, 0) is 5.54 Å². The van der Waals surface area contributed by atoms with E-state index >= 15 is 0 Å². The molecule has 0 unspecified atom stereocenters. The molecule has 2 aromatic heterocycles. The fourth-order valence-electron chi connectivity index (χ4n) is 3.00. The number of rotatable bonds is 2. The van der Waals surface area contributed by atoms with Gasteiger partial charge in [0.25, 0.3) is 0 Å². The van der Waals surface area contributed by atoms with Gasteiger partial charge in [0, 0.05) is 11.7 Å². The van der Waals surface area contributed by atoms with E-state index in [2.05, 4.69) is 26.7 Å². The van der Waals surface area contributed by atoms with Crippen LogP contribution in [0.4, 0.5) is 0 Å². The molecular weight excluding hydrogens is 256 g/mol. The molecule has 0 aromatic carbocycles. The van der Waals surface area contributed by atoms with Crippen molar-refractivity contribution in [1.82, 2.24) is 19.7 Å². The Morgan fingerprint density at radius 1 is 1.26 bits per heavy atom. The first kappa shape index (κ1) is 12.5. The van der Waals surface area contributed by atoms with Crippen LogP contribution < -0.4 is 0 Å². The Balaban J connectivity index is 2.11. The van der Waals surface area contributed by atoms with Gasteiger partial charge in [-0.1, -0.05) is 25.3 Å². The van der Waals surface area contributed by atoms with Gasteiger partial charge >= 0.3 is 0 Å². The first-order valence-corrected chi connectivity index (χ1v) is 7.21. The summed E-state index contributed by atoms with van der Waals surface area (Å²) >= 11 is 5.44. The third kappa shape index (κ3) is 2.23. The van der Waals surface area contributed by atoms with E-state index < -0.39 is 0 Å². The van der Waals surface area contributed by atoms with Crippen molar-refractivity contribution in [1.29, 1.82) is 0 Å². The molecule has 3 rings (SSSR count). The van der Waals surface area contributed by atoms with Gasteiger partial charge in [-0.15, -0.1) is 0 Å². The van der Waals surface area contributed by atoms with Gasteiger partial charge in [0.1, 0.15) is 5.69 Å². The molecular formula is C14H18N4S. The van der Waals surface area contributed by atoms with Crippen LogP contribution in [0.3, 0.4) is 0 Å². The molecule has 1 saturated carbocycles. The number of hydrogen-bond donors (Lipinski definition) is 1. The highest BCUT2D eigenvalue weighted by Crippen LogP contribution is 2.36. The highest BCUT2D eigenvalue weighted by atomic mass is 32.1. The predicted molar refractivity (Wildman–Crippen MR) is 77.4 cm³/mol. The molecule has 5 heteroatoms. The second kappa shape index (κ2) is 4.89. The molecule has 0 radical (unpaired) electrons. The summed E-state index contributed by atoms with van der Waals surface area (Å²) in [4.78, 5) is 4.40. The molecule has 19 heavy (non-hydrogen) atoms. The zero-order chi connectivity index (χ0) is 13.3. The summed E-state index contributed by atoms with van der Waals surface area (Å²) in [7, 11) is 0. The maximum Gasteiger partial charge on any atom is 0.196 e. The maximum atomic E-state index is 5.44. The monoisotopic (exact) mass is 274 g/mol. The fourth-order valence-corrected chi connectivity index (χ4v) is 3.35. The molecule has 0 aliphatic heterocycles. The highest BCUT2D eigenvalue weighted by molar-refractivity contribution is 7.71.